The van der Waals surface area contributed by atoms with Crippen LogP contribution in [0.2, 0.25) is 0 Å². The number of benzene rings is 2. The Morgan fingerprint density at radius 1 is 0.978 bits per heavy atom. The molecular weight excluding hydrogens is 595 g/mol. The minimum absolute atomic E-state index is 0.0367. The third-order valence-corrected chi connectivity index (χ3v) is 9.25. The molecule has 4 heterocycles. The maximum absolute atomic E-state index is 14.3. The van der Waals surface area contributed by atoms with Crippen molar-refractivity contribution in [1.29, 1.82) is 0 Å². The molecule has 1 aliphatic rings. The minimum Gasteiger partial charge on any atom is -0.317 e. The Balaban J connectivity index is 1.30. The zero-order chi connectivity index (χ0) is 32.3. The number of urea groups is 1. The molecule has 0 radical (unpaired) electrons. The molecule has 46 heavy (non-hydrogen) atoms. The summed E-state index contributed by atoms with van der Waals surface area (Å²) in [5.74, 6) is 0.158. The molecule has 3 N–H and O–H groups in total. The maximum Gasteiger partial charge on any atom is 0.324 e. The lowest BCUT2D eigenvalue weighted by Crippen LogP contribution is -2.34. The van der Waals surface area contributed by atoms with E-state index in [0.29, 0.717) is 17.2 Å². The van der Waals surface area contributed by atoms with Crippen molar-refractivity contribution in [2.75, 3.05) is 23.7 Å². The first-order valence-corrected chi connectivity index (χ1v) is 16.5. The largest absolute Gasteiger partial charge is 0.324 e. The van der Waals surface area contributed by atoms with Crippen molar-refractivity contribution in [3.05, 3.63) is 107 Å². The van der Waals surface area contributed by atoms with E-state index in [2.05, 4.69) is 41.7 Å². The molecule has 1 atom stereocenters. The van der Waals surface area contributed by atoms with Gasteiger partial charge in [-0.1, -0.05) is 56.7 Å². The fourth-order valence-corrected chi connectivity index (χ4v) is 6.65. The van der Waals surface area contributed by atoms with Crippen molar-refractivity contribution >= 4 is 34.7 Å². The Bertz CT molecular complexity index is 1820. The molecule has 5 aromatic rings. The lowest BCUT2D eigenvalue weighted by Gasteiger charge is -2.31. The van der Waals surface area contributed by atoms with E-state index >= 15 is 0 Å². The number of amides is 2. The number of carbonyl (C=O) groups excluding carboxylic acids is 2. The van der Waals surface area contributed by atoms with Crippen LogP contribution in [0, 0.1) is 12.8 Å². The number of rotatable bonds is 8. The van der Waals surface area contributed by atoms with Gasteiger partial charge < -0.3 is 10.6 Å². The molecule has 0 bridgehead atoms. The van der Waals surface area contributed by atoms with Gasteiger partial charge in [-0.05, 0) is 74.7 Å². The number of ketones is 1. The van der Waals surface area contributed by atoms with E-state index < -0.39 is 11.9 Å². The number of thiazole rings is 1. The fourth-order valence-electron chi connectivity index (χ4n) is 5.83. The van der Waals surface area contributed by atoms with Crippen LogP contribution in [0.25, 0.3) is 16.3 Å². The predicted octanol–water partition coefficient (Wildman–Crippen LogP) is 7.61. The van der Waals surface area contributed by atoms with Gasteiger partial charge in [-0.3, -0.25) is 15.1 Å². The number of piperidine rings is 1. The number of hydrogen-bond acceptors (Lipinski definition) is 7. The summed E-state index contributed by atoms with van der Waals surface area (Å²) in [6.45, 7) is 9.99. The minimum atomic E-state index is -0.462. The van der Waals surface area contributed by atoms with E-state index in [1.165, 1.54) is 11.3 Å². The number of para-hydroxylation sites is 1. The van der Waals surface area contributed by atoms with Gasteiger partial charge in [0.05, 0.1) is 17.3 Å². The van der Waals surface area contributed by atoms with Gasteiger partial charge in [0.2, 0.25) is 0 Å². The predicted molar refractivity (Wildman–Crippen MR) is 184 cm³/mol. The van der Waals surface area contributed by atoms with Gasteiger partial charge in [0.1, 0.15) is 16.5 Å². The molecule has 1 aliphatic heterocycles. The van der Waals surface area contributed by atoms with Crippen LogP contribution < -0.4 is 16.0 Å². The van der Waals surface area contributed by atoms with Crippen molar-refractivity contribution < 1.29 is 9.59 Å². The van der Waals surface area contributed by atoms with Crippen LogP contribution in [-0.4, -0.2) is 44.7 Å². The molecule has 236 valence electrons. The summed E-state index contributed by atoms with van der Waals surface area (Å²) in [5.41, 5.74) is 5.38. The Morgan fingerprint density at radius 3 is 2.41 bits per heavy atom. The Morgan fingerprint density at radius 2 is 1.70 bits per heavy atom. The number of Topliss-reactive ketones (excluding diaryl/α,β-unsaturated/α-hetero) is 1. The van der Waals surface area contributed by atoms with Gasteiger partial charge in [0.25, 0.3) is 0 Å². The third-order valence-electron chi connectivity index (χ3n) is 8.36. The van der Waals surface area contributed by atoms with Gasteiger partial charge in [0.15, 0.2) is 5.78 Å². The van der Waals surface area contributed by atoms with E-state index in [1.807, 2.05) is 79.0 Å². The van der Waals surface area contributed by atoms with Crippen LogP contribution in [0.4, 0.5) is 16.3 Å². The highest BCUT2D eigenvalue weighted by molar-refractivity contribution is 7.13. The molecule has 2 aromatic carbocycles. The fraction of sp³-hybridized carbons (Fsp3) is 0.306. The molecule has 1 saturated heterocycles. The van der Waals surface area contributed by atoms with Crippen LogP contribution >= 0.6 is 11.3 Å². The van der Waals surface area contributed by atoms with Crippen molar-refractivity contribution in [3.8, 4) is 16.3 Å². The molecule has 6 rings (SSSR count). The van der Waals surface area contributed by atoms with Crippen molar-refractivity contribution in [2.45, 2.75) is 51.9 Å². The molecule has 0 spiro atoms. The van der Waals surface area contributed by atoms with E-state index in [0.717, 1.165) is 59.0 Å². The molecule has 1 fully saturated rings. The Hall–Kier alpha value is -4.67. The zero-order valence-corrected chi connectivity index (χ0v) is 27.4. The number of aryl methyl sites for hydroxylation is 1. The van der Waals surface area contributed by atoms with Crippen molar-refractivity contribution in [2.24, 2.45) is 5.92 Å². The molecular formula is C36H39N7O2S. The lowest BCUT2D eigenvalue weighted by molar-refractivity contribution is 0.0912. The molecule has 3 aromatic heterocycles. The van der Waals surface area contributed by atoms with E-state index in [4.69, 9.17) is 10.1 Å². The molecule has 0 aliphatic carbocycles. The van der Waals surface area contributed by atoms with Crippen LogP contribution in [0.3, 0.4) is 0 Å². The third kappa shape index (κ3) is 6.93. The first kappa shape index (κ1) is 31.3. The number of hydrogen-bond donors (Lipinski definition) is 3. The highest BCUT2D eigenvalue weighted by Crippen LogP contribution is 2.38. The number of aromatic nitrogens is 4. The number of nitrogens with zero attached hydrogens (tertiary/aromatic N) is 4. The lowest BCUT2D eigenvalue weighted by atomic mass is 9.76. The van der Waals surface area contributed by atoms with E-state index in [-0.39, 0.29) is 17.1 Å². The van der Waals surface area contributed by atoms with Crippen molar-refractivity contribution in [1.82, 2.24) is 25.1 Å². The van der Waals surface area contributed by atoms with Gasteiger partial charge in [0, 0.05) is 40.5 Å². The first-order chi connectivity index (χ1) is 22.2. The summed E-state index contributed by atoms with van der Waals surface area (Å²) in [7, 11) is 0. The Labute approximate surface area is 273 Å². The van der Waals surface area contributed by atoms with Gasteiger partial charge in [-0.15, -0.1) is 11.3 Å². The maximum atomic E-state index is 14.3. The second kappa shape index (κ2) is 13.4. The molecule has 0 saturated carbocycles. The molecule has 10 heteroatoms. The average molecular weight is 634 g/mol. The molecule has 9 nitrogen and oxygen atoms in total. The highest BCUT2D eigenvalue weighted by Gasteiger charge is 2.34. The summed E-state index contributed by atoms with van der Waals surface area (Å²) in [6, 6.07) is 20.9. The summed E-state index contributed by atoms with van der Waals surface area (Å²) in [5, 5.41) is 17.0. The normalized spacial score (nSPS) is 14.5. The van der Waals surface area contributed by atoms with Crippen LogP contribution in [0.15, 0.2) is 84.5 Å². The van der Waals surface area contributed by atoms with Gasteiger partial charge in [-0.25, -0.2) is 14.5 Å². The second-order valence-electron chi connectivity index (χ2n) is 12.8. The first-order valence-electron chi connectivity index (χ1n) is 15.6. The number of pyridine rings is 1. The van der Waals surface area contributed by atoms with E-state index in [1.54, 1.807) is 17.1 Å². The summed E-state index contributed by atoms with van der Waals surface area (Å²) in [4.78, 5) is 36.8. The summed E-state index contributed by atoms with van der Waals surface area (Å²) < 4.78 is 1.76. The standard InChI is InChI=1S/C36H39N7O2S/c1-23-9-11-26(12-10-23)43-31(21-30(42-43)36(2,3)4)41-35(45)40-28-8-6-5-7-27(28)32(24-13-17-37-18-14-24)33(44)29-22-46-34(39-29)25-15-19-38-20-16-25/h5-12,15-16,19-22,24,32,37H,13-14,17-18H2,1-4H3,(H2,40,41,45). The zero-order valence-electron chi connectivity index (χ0n) is 26.6. The van der Waals surface area contributed by atoms with Crippen molar-refractivity contribution in [3.63, 3.8) is 0 Å². The average Bonchev–Trinajstić information content (AvgIpc) is 3.72. The topological polar surface area (TPSA) is 114 Å². The van der Waals surface area contributed by atoms with Gasteiger partial charge in [-0.2, -0.15) is 5.10 Å². The Kier molecular flexibility index (Phi) is 9.10. The second-order valence-corrected chi connectivity index (χ2v) is 13.6. The van der Waals surface area contributed by atoms with Crippen LogP contribution in [0.5, 0.6) is 0 Å². The monoisotopic (exact) mass is 633 g/mol. The summed E-state index contributed by atoms with van der Waals surface area (Å²) >= 11 is 1.45. The van der Waals surface area contributed by atoms with Gasteiger partial charge >= 0.3 is 6.03 Å². The quantitative estimate of drug-likeness (QED) is 0.152. The van der Waals surface area contributed by atoms with Crippen LogP contribution in [0.1, 0.15) is 66.8 Å². The molecule has 2 amide bonds. The SMILES string of the molecule is Cc1ccc(-n2nc(C(C)(C)C)cc2NC(=O)Nc2ccccc2C(C(=O)c2csc(-c3ccncc3)n2)C2CCNCC2)cc1. The highest BCUT2D eigenvalue weighted by atomic mass is 32.1. The smallest absolute Gasteiger partial charge is 0.317 e. The molecule has 1 unspecified atom stereocenters. The number of carbonyl (C=O) groups is 2. The number of anilines is 2. The van der Waals surface area contributed by atoms with E-state index in [9.17, 15) is 9.59 Å². The number of nitrogens with one attached hydrogen (secondary N) is 3. The summed E-state index contributed by atoms with van der Waals surface area (Å²) in [6.07, 6.45) is 5.15. The van der Waals surface area contributed by atoms with Crippen LogP contribution in [-0.2, 0) is 5.41 Å².